The highest BCUT2D eigenvalue weighted by Crippen LogP contribution is 2.44. The minimum Gasteiger partial charge on any atom is -0.360 e. The largest absolute Gasteiger partial charge is 0.360 e. The summed E-state index contributed by atoms with van der Waals surface area (Å²) in [4.78, 5) is 13.5. The van der Waals surface area contributed by atoms with Crippen LogP contribution in [-0.4, -0.2) is 23.1 Å². The lowest BCUT2D eigenvalue weighted by molar-refractivity contribution is 0.102. The van der Waals surface area contributed by atoms with Crippen LogP contribution in [0.4, 0.5) is 5.82 Å². The highest BCUT2D eigenvalue weighted by atomic mass is 32.1. The van der Waals surface area contributed by atoms with E-state index in [-0.39, 0.29) is 5.91 Å². The topological polar surface area (TPSA) is 67.2 Å². The third kappa shape index (κ3) is 2.80. The van der Waals surface area contributed by atoms with E-state index in [1.54, 1.807) is 24.3 Å². The average molecular weight is 317 g/mol. The SMILES string of the molecule is Cc1cc(NC(=O)c2csc(C3CC3NC3CCC3)c2)no1. The van der Waals surface area contributed by atoms with Gasteiger partial charge in [-0.05, 0) is 32.3 Å². The number of carbonyl (C=O) groups is 1. The molecule has 1 amide bonds. The Labute approximate surface area is 133 Å². The van der Waals surface area contributed by atoms with Crippen LogP contribution in [0.2, 0.25) is 0 Å². The van der Waals surface area contributed by atoms with Gasteiger partial charge in [0.2, 0.25) is 0 Å². The Hall–Kier alpha value is -1.66. The molecule has 2 fully saturated rings. The van der Waals surface area contributed by atoms with Gasteiger partial charge in [0.15, 0.2) is 5.82 Å². The second-order valence-corrected chi connectivity index (χ2v) is 7.20. The van der Waals surface area contributed by atoms with Crippen LogP contribution in [0.15, 0.2) is 22.0 Å². The molecule has 2 aliphatic carbocycles. The number of hydrogen-bond donors (Lipinski definition) is 2. The maximum absolute atomic E-state index is 12.2. The summed E-state index contributed by atoms with van der Waals surface area (Å²) in [7, 11) is 0. The minimum absolute atomic E-state index is 0.125. The molecule has 6 heteroatoms. The lowest BCUT2D eigenvalue weighted by Gasteiger charge is -2.26. The lowest BCUT2D eigenvalue weighted by atomic mass is 9.93. The van der Waals surface area contributed by atoms with Crippen molar-refractivity contribution in [2.75, 3.05) is 5.32 Å². The minimum atomic E-state index is -0.125. The quantitative estimate of drug-likeness (QED) is 0.888. The number of carbonyl (C=O) groups excluding carboxylic acids is 1. The van der Waals surface area contributed by atoms with Crippen LogP contribution >= 0.6 is 11.3 Å². The summed E-state index contributed by atoms with van der Waals surface area (Å²) in [6, 6.07) is 5.07. The molecular weight excluding hydrogens is 298 g/mol. The Bertz CT molecular complexity index is 689. The van der Waals surface area contributed by atoms with Crippen LogP contribution in [0.25, 0.3) is 0 Å². The predicted octanol–water partition coefficient (Wildman–Crippen LogP) is 3.29. The number of amides is 1. The smallest absolute Gasteiger partial charge is 0.257 e. The van der Waals surface area contributed by atoms with E-state index in [4.69, 9.17) is 4.52 Å². The Kier molecular flexibility index (Phi) is 3.50. The number of hydrogen-bond acceptors (Lipinski definition) is 5. The van der Waals surface area contributed by atoms with Crippen molar-refractivity contribution in [3.63, 3.8) is 0 Å². The number of nitrogens with one attached hydrogen (secondary N) is 2. The molecule has 2 saturated carbocycles. The number of thiophene rings is 1. The van der Waals surface area contributed by atoms with Gasteiger partial charge >= 0.3 is 0 Å². The maximum atomic E-state index is 12.2. The van der Waals surface area contributed by atoms with E-state index < -0.39 is 0 Å². The van der Waals surface area contributed by atoms with Crippen LogP contribution < -0.4 is 10.6 Å². The summed E-state index contributed by atoms with van der Waals surface area (Å²) in [5.41, 5.74) is 0.704. The zero-order chi connectivity index (χ0) is 15.1. The van der Waals surface area contributed by atoms with Crippen LogP contribution in [-0.2, 0) is 0 Å². The molecule has 2 aromatic heterocycles. The molecule has 0 aliphatic heterocycles. The van der Waals surface area contributed by atoms with Crippen molar-refractivity contribution in [2.45, 2.75) is 50.6 Å². The molecule has 2 aliphatic rings. The first-order valence-corrected chi connectivity index (χ1v) is 8.66. The van der Waals surface area contributed by atoms with Gasteiger partial charge in [-0.15, -0.1) is 11.3 Å². The molecule has 22 heavy (non-hydrogen) atoms. The predicted molar refractivity (Wildman–Crippen MR) is 85.4 cm³/mol. The highest BCUT2D eigenvalue weighted by molar-refractivity contribution is 7.10. The summed E-state index contributed by atoms with van der Waals surface area (Å²) in [6.07, 6.45) is 5.19. The van der Waals surface area contributed by atoms with Crippen LogP contribution in [0.1, 0.15) is 52.6 Å². The number of anilines is 1. The molecule has 0 saturated heterocycles. The molecule has 2 unspecified atom stereocenters. The molecule has 0 aromatic carbocycles. The zero-order valence-electron chi connectivity index (χ0n) is 12.5. The highest BCUT2D eigenvalue weighted by Gasteiger charge is 2.41. The second kappa shape index (κ2) is 5.52. The van der Waals surface area contributed by atoms with Crippen molar-refractivity contribution in [1.29, 1.82) is 0 Å². The molecular formula is C16H19N3O2S. The normalized spacial score (nSPS) is 24.0. The third-order valence-electron chi connectivity index (χ3n) is 4.46. The summed E-state index contributed by atoms with van der Waals surface area (Å²) < 4.78 is 4.95. The molecule has 0 spiro atoms. The Morgan fingerprint density at radius 3 is 2.95 bits per heavy atom. The van der Waals surface area contributed by atoms with Gasteiger partial charge in [0.1, 0.15) is 5.76 Å². The summed E-state index contributed by atoms with van der Waals surface area (Å²) >= 11 is 1.68. The van der Waals surface area contributed by atoms with E-state index in [9.17, 15) is 4.79 Å². The van der Waals surface area contributed by atoms with Crippen LogP contribution in [0.5, 0.6) is 0 Å². The number of rotatable bonds is 5. The molecule has 5 nitrogen and oxygen atoms in total. The van der Waals surface area contributed by atoms with Gasteiger partial charge < -0.3 is 15.2 Å². The molecule has 0 bridgehead atoms. The molecule has 2 N–H and O–H groups in total. The molecule has 0 radical (unpaired) electrons. The van der Waals surface area contributed by atoms with E-state index >= 15 is 0 Å². The fourth-order valence-corrected chi connectivity index (χ4v) is 3.92. The van der Waals surface area contributed by atoms with E-state index in [2.05, 4.69) is 15.8 Å². The summed E-state index contributed by atoms with van der Waals surface area (Å²) in [5.74, 6) is 1.61. The van der Waals surface area contributed by atoms with E-state index in [0.717, 1.165) is 6.04 Å². The first kappa shape index (κ1) is 14.0. The number of aromatic nitrogens is 1. The molecule has 2 heterocycles. The van der Waals surface area contributed by atoms with Crippen molar-refractivity contribution in [2.24, 2.45) is 0 Å². The fraction of sp³-hybridized carbons (Fsp3) is 0.500. The Morgan fingerprint density at radius 1 is 1.41 bits per heavy atom. The summed E-state index contributed by atoms with van der Waals surface area (Å²) in [6.45, 7) is 1.80. The van der Waals surface area contributed by atoms with E-state index in [1.807, 2.05) is 11.4 Å². The Morgan fingerprint density at radius 2 is 2.27 bits per heavy atom. The van der Waals surface area contributed by atoms with Crippen molar-refractivity contribution < 1.29 is 9.32 Å². The van der Waals surface area contributed by atoms with Crippen LogP contribution in [0, 0.1) is 6.92 Å². The van der Waals surface area contributed by atoms with Crippen molar-refractivity contribution in [1.82, 2.24) is 10.5 Å². The fourth-order valence-electron chi connectivity index (χ4n) is 2.85. The second-order valence-electron chi connectivity index (χ2n) is 6.26. The Balaban J connectivity index is 1.36. The first-order chi connectivity index (χ1) is 10.7. The van der Waals surface area contributed by atoms with Gasteiger partial charge in [-0.2, -0.15) is 0 Å². The summed E-state index contributed by atoms with van der Waals surface area (Å²) in [5, 5.41) is 12.2. The van der Waals surface area contributed by atoms with E-state index in [0.29, 0.717) is 29.1 Å². The molecule has 4 rings (SSSR count). The first-order valence-electron chi connectivity index (χ1n) is 7.78. The third-order valence-corrected chi connectivity index (χ3v) is 5.53. The molecule has 116 valence electrons. The monoisotopic (exact) mass is 317 g/mol. The van der Waals surface area contributed by atoms with Gasteiger partial charge in [0, 0.05) is 34.3 Å². The lowest BCUT2D eigenvalue weighted by Crippen LogP contribution is -2.37. The number of aryl methyl sites for hydroxylation is 1. The van der Waals surface area contributed by atoms with Crippen molar-refractivity contribution in [3.8, 4) is 0 Å². The number of nitrogens with zero attached hydrogens (tertiary/aromatic N) is 1. The van der Waals surface area contributed by atoms with Gasteiger partial charge in [0.25, 0.3) is 5.91 Å². The zero-order valence-corrected chi connectivity index (χ0v) is 13.3. The van der Waals surface area contributed by atoms with Crippen LogP contribution in [0.3, 0.4) is 0 Å². The standard InChI is InChI=1S/C16H19N3O2S/c1-9-5-15(19-21-9)18-16(20)10-6-14(22-8-10)12-7-13(12)17-11-3-2-4-11/h5-6,8,11-13,17H,2-4,7H2,1H3,(H,18,19,20). The van der Waals surface area contributed by atoms with Gasteiger partial charge in [-0.1, -0.05) is 11.6 Å². The van der Waals surface area contributed by atoms with Gasteiger partial charge in [-0.3, -0.25) is 4.79 Å². The van der Waals surface area contributed by atoms with Gasteiger partial charge in [0.05, 0.1) is 5.56 Å². The van der Waals surface area contributed by atoms with Crippen molar-refractivity contribution in [3.05, 3.63) is 33.7 Å². The molecule has 2 aromatic rings. The average Bonchev–Trinajstić information content (AvgIpc) is 2.84. The molecule has 2 atom stereocenters. The van der Waals surface area contributed by atoms with Crippen molar-refractivity contribution >= 4 is 23.1 Å². The van der Waals surface area contributed by atoms with E-state index in [1.165, 1.54) is 30.6 Å². The maximum Gasteiger partial charge on any atom is 0.257 e. The van der Waals surface area contributed by atoms with Gasteiger partial charge in [-0.25, -0.2) is 0 Å².